The standard InChI is InChI=1S/C10H15NO3/c1-10(2,12)7-5-6-11-9(14-4)8(7)13-3/h5-6,12H,1-4H3. The van der Waals surface area contributed by atoms with Gasteiger partial charge in [-0.15, -0.1) is 0 Å². The molecular formula is C10H15NO3. The van der Waals surface area contributed by atoms with E-state index >= 15 is 0 Å². The third-order valence-corrected chi connectivity index (χ3v) is 1.93. The number of methoxy groups -OCH3 is 2. The average molecular weight is 197 g/mol. The molecule has 0 spiro atoms. The molecule has 1 aromatic heterocycles. The van der Waals surface area contributed by atoms with Crippen molar-refractivity contribution in [1.29, 1.82) is 0 Å². The highest BCUT2D eigenvalue weighted by atomic mass is 16.5. The molecule has 4 heteroatoms. The molecule has 1 aromatic rings. The van der Waals surface area contributed by atoms with E-state index in [0.29, 0.717) is 17.2 Å². The van der Waals surface area contributed by atoms with E-state index in [-0.39, 0.29) is 0 Å². The van der Waals surface area contributed by atoms with Crippen molar-refractivity contribution < 1.29 is 14.6 Å². The first-order valence-electron chi connectivity index (χ1n) is 4.30. The Bertz CT molecular complexity index is 318. The minimum Gasteiger partial charge on any atom is -0.491 e. The summed E-state index contributed by atoms with van der Waals surface area (Å²) in [5.41, 5.74) is -0.312. The number of rotatable bonds is 3. The molecule has 1 rings (SSSR count). The van der Waals surface area contributed by atoms with E-state index in [2.05, 4.69) is 4.98 Å². The highest BCUT2D eigenvalue weighted by molar-refractivity contribution is 5.44. The number of hydrogen-bond acceptors (Lipinski definition) is 4. The second-order valence-electron chi connectivity index (χ2n) is 3.46. The van der Waals surface area contributed by atoms with Gasteiger partial charge in [-0.2, -0.15) is 0 Å². The van der Waals surface area contributed by atoms with Crippen molar-refractivity contribution in [1.82, 2.24) is 4.98 Å². The zero-order valence-corrected chi connectivity index (χ0v) is 8.87. The second-order valence-corrected chi connectivity index (χ2v) is 3.46. The zero-order valence-electron chi connectivity index (χ0n) is 8.87. The first-order valence-corrected chi connectivity index (χ1v) is 4.30. The third kappa shape index (κ3) is 1.96. The predicted octanol–water partition coefficient (Wildman–Crippen LogP) is 1.33. The topological polar surface area (TPSA) is 51.6 Å². The lowest BCUT2D eigenvalue weighted by Gasteiger charge is -2.21. The molecule has 0 fully saturated rings. The van der Waals surface area contributed by atoms with Gasteiger partial charge < -0.3 is 14.6 Å². The molecule has 0 aromatic carbocycles. The molecule has 0 saturated carbocycles. The molecule has 4 nitrogen and oxygen atoms in total. The Kier molecular flexibility index (Phi) is 2.96. The van der Waals surface area contributed by atoms with Gasteiger partial charge >= 0.3 is 0 Å². The predicted molar refractivity (Wildman–Crippen MR) is 52.6 cm³/mol. The van der Waals surface area contributed by atoms with Gasteiger partial charge in [0, 0.05) is 11.8 Å². The van der Waals surface area contributed by atoms with E-state index in [0.717, 1.165) is 0 Å². The normalized spacial score (nSPS) is 11.2. The van der Waals surface area contributed by atoms with E-state index in [1.54, 1.807) is 26.1 Å². The summed E-state index contributed by atoms with van der Waals surface area (Å²) in [6, 6.07) is 1.71. The van der Waals surface area contributed by atoms with Crippen molar-refractivity contribution in [2.75, 3.05) is 14.2 Å². The lowest BCUT2D eigenvalue weighted by molar-refractivity contribution is 0.0749. The smallest absolute Gasteiger partial charge is 0.257 e. The van der Waals surface area contributed by atoms with E-state index in [9.17, 15) is 5.11 Å². The summed E-state index contributed by atoms with van der Waals surface area (Å²) in [7, 11) is 3.04. The van der Waals surface area contributed by atoms with Gasteiger partial charge in [-0.05, 0) is 19.9 Å². The number of ether oxygens (including phenoxy) is 2. The highest BCUT2D eigenvalue weighted by Crippen LogP contribution is 2.35. The number of aliphatic hydroxyl groups is 1. The van der Waals surface area contributed by atoms with Crippen LogP contribution in [0, 0.1) is 0 Å². The van der Waals surface area contributed by atoms with E-state index in [1.165, 1.54) is 14.2 Å². The maximum absolute atomic E-state index is 9.86. The maximum atomic E-state index is 9.86. The van der Waals surface area contributed by atoms with Gasteiger partial charge in [0.05, 0.1) is 19.8 Å². The van der Waals surface area contributed by atoms with Crippen molar-refractivity contribution in [3.8, 4) is 11.6 Å². The number of hydrogen-bond donors (Lipinski definition) is 1. The van der Waals surface area contributed by atoms with E-state index in [4.69, 9.17) is 9.47 Å². The van der Waals surface area contributed by atoms with Crippen LogP contribution in [0.2, 0.25) is 0 Å². The number of nitrogens with zero attached hydrogens (tertiary/aromatic N) is 1. The van der Waals surface area contributed by atoms with Gasteiger partial charge in [-0.3, -0.25) is 0 Å². The van der Waals surface area contributed by atoms with Gasteiger partial charge in [0.25, 0.3) is 5.88 Å². The molecular weight excluding hydrogens is 182 g/mol. The minimum absolute atomic E-state index is 0.382. The van der Waals surface area contributed by atoms with Gasteiger partial charge in [0.15, 0.2) is 5.75 Å². The first kappa shape index (κ1) is 10.8. The van der Waals surface area contributed by atoms with Gasteiger partial charge in [0.2, 0.25) is 0 Å². The van der Waals surface area contributed by atoms with Gasteiger partial charge in [-0.25, -0.2) is 4.98 Å². The summed E-state index contributed by atoms with van der Waals surface area (Å²) in [5, 5.41) is 9.86. The van der Waals surface area contributed by atoms with Gasteiger partial charge in [0.1, 0.15) is 0 Å². The van der Waals surface area contributed by atoms with E-state index in [1.807, 2.05) is 0 Å². The van der Waals surface area contributed by atoms with Crippen LogP contribution in [0.25, 0.3) is 0 Å². The third-order valence-electron chi connectivity index (χ3n) is 1.93. The van der Waals surface area contributed by atoms with Crippen molar-refractivity contribution in [2.45, 2.75) is 19.4 Å². The van der Waals surface area contributed by atoms with Crippen LogP contribution in [-0.2, 0) is 5.60 Å². The average Bonchev–Trinajstić information content (AvgIpc) is 2.15. The Balaban J connectivity index is 3.29. The molecule has 0 saturated heterocycles. The second kappa shape index (κ2) is 3.84. The Hall–Kier alpha value is -1.29. The molecule has 1 heterocycles. The molecule has 0 aliphatic rings. The molecule has 0 amide bonds. The summed E-state index contributed by atoms with van der Waals surface area (Å²) in [6.45, 7) is 3.37. The van der Waals surface area contributed by atoms with Crippen LogP contribution in [0.15, 0.2) is 12.3 Å². The fourth-order valence-electron chi connectivity index (χ4n) is 1.25. The summed E-state index contributed by atoms with van der Waals surface area (Å²) in [4.78, 5) is 3.98. The first-order chi connectivity index (χ1) is 6.50. The summed E-state index contributed by atoms with van der Waals surface area (Å²) < 4.78 is 10.2. The fourth-order valence-corrected chi connectivity index (χ4v) is 1.25. The highest BCUT2D eigenvalue weighted by Gasteiger charge is 2.23. The Morgan fingerprint density at radius 3 is 2.36 bits per heavy atom. The zero-order chi connectivity index (χ0) is 10.8. The molecule has 14 heavy (non-hydrogen) atoms. The van der Waals surface area contributed by atoms with Crippen LogP contribution < -0.4 is 9.47 Å². The largest absolute Gasteiger partial charge is 0.491 e. The molecule has 0 aliphatic carbocycles. The van der Waals surface area contributed by atoms with Gasteiger partial charge in [-0.1, -0.05) is 0 Å². The number of pyridine rings is 1. The van der Waals surface area contributed by atoms with Crippen LogP contribution in [0.1, 0.15) is 19.4 Å². The summed E-state index contributed by atoms with van der Waals surface area (Å²) >= 11 is 0. The molecule has 0 atom stereocenters. The van der Waals surface area contributed by atoms with Crippen molar-refractivity contribution >= 4 is 0 Å². The van der Waals surface area contributed by atoms with Crippen LogP contribution in [0.5, 0.6) is 11.6 Å². The summed E-state index contributed by atoms with van der Waals surface area (Å²) in [6.07, 6.45) is 1.58. The van der Waals surface area contributed by atoms with Crippen LogP contribution >= 0.6 is 0 Å². The Morgan fingerprint density at radius 1 is 1.29 bits per heavy atom. The van der Waals surface area contributed by atoms with Crippen LogP contribution in [0.3, 0.4) is 0 Å². The molecule has 0 bridgehead atoms. The summed E-state index contributed by atoms with van der Waals surface area (Å²) in [5.74, 6) is 0.856. The molecule has 0 aliphatic heterocycles. The molecule has 0 radical (unpaired) electrons. The quantitative estimate of drug-likeness (QED) is 0.794. The lowest BCUT2D eigenvalue weighted by Crippen LogP contribution is -2.17. The monoisotopic (exact) mass is 197 g/mol. The Morgan fingerprint density at radius 2 is 1.93 bits per heavy atom. The van der Waals surface area contributed by atoms with Crippen LogP contribution in [-0.4, -0.2) is 24.3 Å². The Labute approximate surface area is 83.5 Å². The molecule has 78 valence electrons. The van der Waals surface area contributed by atoms with Crippen molar-refractivity contribution in [3.63, 3.8) is 0 Å². The SMILES string of the molecule is COc1nccc(C(C)(C)O)c1OC. The number of aromatic nitrogens is 1. The molecule has 0 unspecified atom stereocenters. The van der Waals surface area contributed by atoms with E-state index < -0.39 is 5.60 Å². The van der Waals surface area contributed by atoms with Crippen molar-refractivity contribution in [2.24, 2.45) is 0 Å². The maximum Gasteiger partial charge on any atom is 0.257 e. The lowest BCUT2D eigenvalue weighted by atomic mass is 9.99. The molecule has 1 N–H and O–H groups in total. The van der Waals surface area contributed by atoms with Crippen LogP contribution in [0.4, 0.5) is 0 Å². The van der Waals surface area contributed by atoms with Crippen molar-refractivity contribution in [3.05, 3.63) is 17.8 Å². The fraction of sp³-hybridized carbons (Fsp3) is 0.500. The minimum atomic E-state index is -0.971.